The molecule has 0 heterocycles. The molecule has 0 aliphatic carbocycles. The van der Waals surface area contributed by atoms with Crippen molar-refractivity contribution in [1.82, 2.24) is 0 Å². The zero-order valence-electron chi connectivity index (χ0n) is 7.95. The van der Waals surface area contributed by atoms with Crippen molar-refractivity contribution in [2.75, 3.05) is 13.0 Å². The number of ketones is 1. The van der Waals surface area contributed by atoms with Crippen LogP contribution in [0.15, 0.2) is 12.1 Å². The van der Waals surface area contributed by atoms with Crippen LogP contribution in [-0.4, -0.2) is 23.9 Å². The van der Waals surface area contributed by atoms with Gasteiger partial charge in [-0.1, -0.05) is 0 Å². The first-order valence-electron chi connectivity index (χ1n) is 4.05. The minimum absolute atomic E-state index is 0.00605. The van der Waals surface area contributed by atoms with E-state index >= 15 is 0 Å². The number of hydrogen-bond donors (Lipinski definition) is 1. The van der Waals surface area contributed by atoms with Crippen LogP contribution < -0.4 is 4.74 Å². The molecule has 0 aliphatic heterocycles. The van der Waals surface area contributed by atoms with Crippen molar-refractivity contribution in [2.45, 2.75) is 0 Å². The first-order valence-corrected chi connectivity index (χ1v) is 4.58. The van der Waals surface area contributed by atoms with E-state index in [9.17, 15) is 9.90 Å². The fourth-order valence-corrected chi connectivity index (χ4v) is 1.31. The van der Waals surface area contributed by atoms with Crippen molar-refractivity contribution in [3.63, 3.8) is 0 Å². The molecule has 0 saturated carbocycles. The van der Waals surface area contributed by atoms with Crippen molar-refractivity contribution >= 4 is 17.4 Å². The molecule has 1 rings (SSSR count). The zero-order valence-corrected chi connectivity index (χ0v) is 8.71. The number of rotatable bonds is 3. The molecule has 0 bridgehead atoms. The Bertz CT molecular complexity index is 437. The molecule has 0 amide bonds. The largest absolute Gasteiger partial charge is 0.504 e. The maximum Gasteiger partial charge on any atom is 0.181 e. The van der Waals surface area contributed by atoms with Crippen molar-refractivity contribution in [3.8, 4) is 17.6 Å². The Hall–Kier alpha value is -1.73. The normalized spacial score (nSPS) is 9.40. The van der Waals surface area contributed by atoms with Crippen molar-refractivity contribution in [1.29, 1.82) is 5.26 Å². The number of methoxy groups -OCH3 is 1. The van der Waals surface area contributed by atoms with Gasteiger partial charge in [0.1, 0.15) is 6.07 Å². The highest BCUT2D eigenvalue weighted by Crippen LogP contribution is 2.33. The summed E-state index contributed by atoms with van der Waals surface area (Å²) in [5.74, 6) is -1.00. The Kier molecular flexibility index (Phi) is 3.53. The first-order chi connectivity index (χ1) is 7.15. The van der Waals surface area contributed by atoms with Crippen molar-refractivity contribution in [3.05, 3.63) is 23.3 Å². The highest BCUT2D eigenvalue weighted by atomic mass is 35.5. The van der Waals surface area contributed by atoms with Gasteiger partial charge in [0.05, 0.1) is 24.1 Å². The van der Waals surface area contributed by atoms with Crippen LogP contribution in [-0.2, 0) is 0 Å². The van der Waals surface area contributed by atoms with E-state index in [1.54, 1.807) is 0 Å². The molecule has 78 valence electrons. The van der Waals surface area contributed by atoms with Crippen LogP contribution in [0.2, 0.25) is 0 Å². The second kappa shape index (κ2) is 4.67. The molecule has 0 aliphatic rings. The lowest BCUT2D eigenvalue weighted by Gasteiger charge is -2.08. The molecule has 1 aromatic rings. The van der Waals surface area contributed by atoms with Crippen LogP contribution in [0, 0.1) is 11.3 Å². The van der Waals surface area contributed by atoms with E-state index in [-0.39, 0.29) is 28.5 Å². The molecule has 0 radical (unpaired) electrons. The Morgan fingerprint density at radius 2 is 2.33 bits per heavy atom. The number of halogens is 1. The number of alkyl halides is 1. The SMILES string of the molecule is COc1c(C#N)ccc(C(=O)CCl)c1O. The lowest BCUT2D eigenvalue weighted by Crippen LogP contribution is -2.02. The summed E-state index contributed by atoms with van der Waals surface area (Å²) in [6.45, 7) is 0. The summed E-state index contributed by atoms with van der Waals surface area (Å²) in [5.41, 5.74) is 0.224. The van der Waals surface area contributed by atoms with E-state index in [1.807, 2.05) is 6.07 Å². The zero-order chi connectivity index (χ0) is 11.4. The third kappa shape index (κ3) is 2.03. The fourth-order valence-electron chi connectivity index (χ4n) is 1.16. The molecule has 1 aromatic carbocycles. The second-order valence-corrected chi connectivity index (χ2v) is 2.98. The number of aromatic hydroxyl groups is 1. The molecule has 0 unspecified atom stereocenters. The minimum Gasteiger partial charge on any atom is -0.504 e. The van der Waals surface area contributed by atoms with Crippen LogP contribution in [0.5, 0.6) is 11.5 Å². The molecule has 0 atom stereocenters. The lowest BCUT2D eigenvalue weighted by molar-refractivity contribution is 0.101. The average Bonchev–Trinajstić information content (AvgIpc) is 2.27. The standard InChI is InChI=1S/C10H8ClNO3/c1-15-10-6(5-12)2-3-7(9(10)14)8(13)4-11/h2-3,14H,4H2,1H3. The molecule has 0 fully saturated rings. The summed E-state index contributed by atoms with van der Waals surface area (Å²) in [7, 11) is 1.31. The lowest BCUT2D eigenvalue weighted by atomic mass is 10.1. The number of nitriles is 1. The van der Waals surface area contributed by atoms with Crippen LogP contribution in [0.25, 0.3) is 0 Å². The number of ether oxygens (including phenoxy) is 1. The monoisotopic (exact) mass is 225 g/mol. The molecule has 0 spiro atoms. The third-order valence-corrected chi connectivity index (χ3v) is 2.12. The van der Waals surface area contributed by atoms with Gasteiger partial charge < -0.3 is 9.84 Å². The van der Waals surface area contributed by atoms with Crippen LogP contribution in [0.1, 0.15) is 15.9 Å². The van der Waals surface area contributed by atoms with Gasteiger partial charge in [-0.05, 0) is 12.1 Å². The van der Waals surface area contributed by atoms with Gasteiger partial charge in [-0.2, -0.15) is 5.26 Å². The highest BCUT2D eigenvalue weighted by Gasteiger charge is 2.17. The second-order valence-electron chi connectivity index (χ2n) is 2.71. The number of benzene rings is 1. The quantitative estimate of drug-likeness (QED) is 0.628. The molecular weight excluding hydrogens is 218 g/mol. The molecule has 4 nitrogen and oxygen atoms in total. The number of phenols is 1. The summed E-state index contributed by atoms with van der Waals surface area (Å²) in [4.78, 5) is 11.3. The average molecular weight is 226 g/mol. The molecule has 0 aromatic heterocycles. The summed E-state index contributed by atoms with van der Waals surface area (Å²) in [6, 6.07) is 4.59. The predicted octanol–water partition coefficient (Wildman–Crippen LogP) is 1.69. The number of nitrogens with zero attached hydrogens (tertiary/aromatic N) is 1. The summed E-state index contributed by atoms with van der Waals surface area (Å²) in [5, 5.41) is 18.4. The molecule has 15 heavy (non-hydrogen) atoms. The maximum atomic E-state index is 11.3. The Balaban J connectivity index is 3.37. The number of phenolic OH excluding ortho intramolecular Hbond substituents is 1. The smallest absolute Gasteiger partial charge is 0.181 e. The number of carbonyl (C=O) groups is 1. The van der Waals surface area contributed by atoms with Gasteiger partial charge in [-0.25, -0.2) is 0 Å². The predicted molar refractivity (Wildman–Crippen MR) is 54.4 cm³/mol. The van der Waals surface area contributed by atoms with E-state index in [1.165, 1.54) is 19.2 Å². The fraction of sp³-hybridized carbons (Fsp3) is 0.200. The van der Waals surface area contributed by atoms with Crippen molar-refractivity contribution < 1.29 is 14.6 Å². The maximum absolute atomic E-state index is 11.3. The Labute approximate surface area is 91.7 Å². The topological polar surface area (TPSA) is 70.3 Å². The van der Waals surface area contributed by atoms with Crippen LogP contribution in [0.4, 0.5) is 0 Å². The number of Topliss-reactive ketones (excluding diaryl/α,β-unsaturated/α-hetero) is 1. The van der Waals surface area contributed by atoms with Gasteiger partial charge in [0.25, 0.3) is 0 Å². The molecule has 1 N–H and O–H groups in total. The van der Waals surface area contributed by atoms with E-state index < -0.39 is 5.78 Å². The van der Waals surface area contributed by atoms with Gasteiger partial charge in [0, 0.05) is 0 Å². The van der Waals surface area contributed by atoms with E-state index in [0.717, 1.165) is 0 Å². The summed E-state index contributed by atoms with van der Waals surface area (Å²) >= 11 is 5.36. The Morgan fingerprint density at radius 3 is 2.80 bits per heavy atom. The van der Waals surface area contributed by atoms with Crippen LogP contribution >= 0.6 is 11.6 Å². The van der Waals surface area contributed by atoms with E-state index in [2.05, 4.69) is 0 Å². The van der Waals surface area contributed by atoms with Crippen molar-refractivity contribution in [2.24, 2.45) is 0 Å². The summed E-state index contributed by atoms with van der Waals surface area (Å²) in [6.07, 6.45) is 0. The minimum atomic E-state index is -0.419. The van der Waals surface area contributed by atoms with E-state index in [4.69, 9.17) is 21.6 Å². The van der Waals surface area contributed by atoms with Crippen LogP contribution in [0.3, 0.4) is 0 Å². The van der Waals surface area contributed by atoms with Gasteiger partial charge in [0.15, 0.2) is 17.3 Å². The molecule has 5 heteroatoms. The highest BCUT2D eigenvalue weighted by molar-refractivity contribution is 6.30. The third-order valence-electron chi connectivity index (χ3n) is 1.88. The first kappa shape index (κ1) is 11.3. The molecule has 0 saturated heterocycles. The molecular formula is C10H8ClNO3. The van der Waals surface area contributed by atoms with Gasteiger partial charge >= 0.3 is 0 Å². The van der Waals surface area contributed by atoms with Gasteiger partial charge in [-0.15, -0.1) is 11.6 Å². The Morgan fingerprint density at radius 1 is 1.67 bits per heavy atom. The number of hydrogen-bond acceptors (Lipinski definition) is 4. The van der Waals surface area contributed by atoms with Gasteiger partial charge in [-0.3, -0.25) is 4.79 Å². The summed E-state index contributed by atoms with van der Waals surface area (Å²) < 4.78 is 4.83. The van der Waals surface area contributed by atoms with Gasteiger partial charge in [0.2, 0.25) is 0 Å². The van der Waals surface area contributed by atoms with E-state index in [0.29, 0.717) is 0 Å². The number of carbonyl (C=O) groups excluding carboxylic acids is 1.